The largest absolute Gasteiger partial charge is 0.393 e. The summed E-state index contributed by atoms with van der Waals surface area (Å²) in [4.78, 5) is 0. The molecule has 1 N–H and O–H groups in total. The van der Waals surface area contributed by atoms with E-state index >= 15 is 0 Å². The zero-order valence-corrected chi connectivity index (χ0v) is 10.1. The first-order valence-corrected chi connectivity index (χ1v) is 6.51. The molecule has 0 fully saturated rings. The maximum absolute atomic E-state index is 13.3. The van der Waals surface area contributed by atoms with Gasteiger partial charge in [0, 0.05) is 11.4 Å². The zero-order chi connectivity index (χ0) is 11.3. The van der Waals surface area contributed by atoms with Crippen LogP contribution >= 0.6 is 23.4 Å². The van der Waals surface area contributed by atoms with Crippen molar-refractivity contribution in [3.63, 3.8) is 0 Å². The first-order valence-electron chi connectivity index (χ1n) is 4.74. The Labute approximate surface area is 98.6 Å². The van der Waals surface area contributed by atoms with Gasteiger partial charge in [-0.3, -0.25) is 0 Å². The van der Waals surface area contributed by atoms with Gasteiger partial charge in [-0.1, -0.05) is 11.6 Å². The molecule has 0 saturated heterocycles. The van der Waals surface area contributed by atoms with Gasteiger partial charge >= 0.3 is 0 Å². The second kappa shape index (κ2) is 6.36. The van der Waals surface area contributed by atoms with E-state index in [9.17, 15) is 9.50 Å². The smallest absolute Gasteiger partial charge is 0.126 e. The minimum absolute atomic E-state index is 0.303. The predicted octanol–water partition coefficient (Wildman–Crippen LogP) is 3.14. The summed E-state index contributed by atoms with van der Waals surface area (Å²) in [6, 6.07) is 4.41. The fourth-order valence-electron chi connectivity index (χ4n) is 1.31. The van der Waals surface area contributed by atoms with Crippen LogP contribution in [0.1, 0.15) is 12.0 Å². The average Bonchev–Trinajstić information content (AvgIpc) is 2.20. The average molecular weight is 249 g/mol. The highest BCUT2D eigenvalue weighted by Gasteiger charge is 2.09. The van der Waals surface area contributed by atoms with E-state index in [-0.39, 0.29) is 5.82 Å². The van der Waals surface area contributed by atoms with Crippen LogP contribution in [0.15, 0.2) is 18.2 Å². The van der Waals surface area contributed by atoms with Crippen molar-refractivity contribution in [2.45, 2.75) is 18.9 Å². The van der Waals surface area contributed by atoms with Crippen molar-refractivity contribution in [1.29, 1.82) is 0 Å². The summed E-state index contributed by atoms with van der Waals surface area (Å²) in [7, 11) is 0. The van der Waals surface area contributed by atoms with E-state index < -0.39 is 6.10 Å². The number of aliphatic hydroxyl groups excluding tert-OH is 1. The summed E-state index contributed by atoms with van der Waals surface area (Å²) in [5.41, 5.74) is 0.483. The second-order valence-electron chi connectivity index (χ2n) is 3.38. The number of thioether (sulfide) groups is 1. The molecule has 1 nitrogen and oxygen atoms in total. The Bertz CT molecular complexity index is 319. The van der Waals surface area contributed by atoms with Crippen LogP contribution in [0.2, 0.25) is 5.02 Å². The molecule has 15 heavy (non-hydrogen) atoms. The monoisotopic (exact) mass is 248 g/mol. The van der Waals surface area contributed by atoms with Gasteiger partial charge in [-0.2, -0.15) is 11.8 Å². The summed E-state index contributed by atoms with van der Waals surface area (Å²) in [5, 5.41) is 10.1. The Hall–Kier alpha value is -0.250. The van der Waals surface area contributed by atoms with Gasteiger partial charge in [0.25, 0.3) is 0 Å². The van der Waals surface area contributed by atoms with E-state index in [0.29, 0.717) is 23.4 Å². The van der Waals surface area contributed by atoms with Crippen LogP contribution in [0.5, 0.6) is 0 Å². The Morgan fingerprint density at radius 3 is 2.93 bits per heavy atom. The lowest BCUT2D eigenvalue weighted by molar-refractivity contribution is 0.171. The Morgan fingerprint density at radius 1 is 1.53 bits per heavy atom. The van der Waals surface area contributed by atoms with Gasteiger partial charge in [0.15, 0.2) is 0 Å². The molecule has 1 aromatic rings. The number of rotatable bonds is 5. The molecule has 1 unspecified atom stereocenters. The van der Waals surface area contributed by atoms with Gasteiger partial charge in [-0.05, 0) is 42.2 Å². The molecular weight excluding hydrogens is 235 g/mol. The number of aliphatic hydroxyl groups is 1. The number of hydrogen-bond donors (Lipinski definition) is 1. The molecule has 0 saturated carbocycles. The Kier molecular flexibility index (Phi) is 5.43. The third kappa shape index (κ3) is 4.41. The highest BCUT2D eigenvalue weighted by molar-refractivity contribution is 7.98. The van der Waals surface area contributed by atoms with Crippen molar-refractivity contribution in [1.82, 2.24) is 0 Å². The third-order valence-electron chi connectivity index (χ3n) is 2.12. The van der Waals surface area contributed by atoms with Crippen LogP contribution in [-0.2, 0) is 6.42 Å². The van der Waals surface area contributed by atoms with Gasteiger partial charge in [0.2, 0.25) is 0 Å². The summed E-state index contributed by atoms with van der Waals surface area (Å²) >= 11 is 7.42. The van der Waals surface area contributed by atoms with Crippen LogP contribution in [-0.4, -0.2) is 23.2 Å². The van der Waals surface area contributed by atoms with Crippen molar-refractivity contribution in [2.75, 3.05) is 12.0 Å². The molecule has 0 radical (unpaired) electrons. The Morgan fingerprint density at radius 2 is 2.27 bits per heavy atom. The lowest BCUT2D eigenvalue weighted by Gasteiger charge is -2.10. The van der Waals surface area contributed by atoms with Crippen LogP contribution in [0.3, 0.4) is 0 Å². The highest BCUT2D eigenvalue weighted by Crippen LogP contribution is 2.17. The van der Waals surface area contributed by atoms with Crippen LogP contribution in [0.4, 0.5) is 4.39 Å². The summed E-state index contributed by atoms with van der Waals surface area (Å²) in [5.74, 6) is 0.575. The molecule has 84 valence electrons. The normalized spacial score (nSPS) is 12.8. The van der Waals surface area contributed by atoms with E-state index in [1.807, 2.05) is 6.26 Å². The van der Waals surface area contributed by atoms with Crippen molar-refractivity contribution in [3.8, 4) is 0 Å². The summed E-state index contributed by atoms with van der Waals surface area (Å²) in [6.07, 6.45) is 2.48. The van der Waals surface area contributed by atoms with Crippen molar-refractivity contribution < 1.29 is 9.50 Å². The van der Waals surface area contributed by atoms with E-state index in [1.165, 1.54) is 12.1 Å². The van der Waals surface area contributed by atoms with Crippen LogP contribution in [0, 0.1) is 5.82 Å². The molecular formula is C11H14ClFOS. The molecule has 0 amide bonds. The molecule has 1 rings (SSSR count). The second-order valence-corrected chi connectivity index (χ2v) is 4.80. The predicted molar refractivity (Wildman–Crippen MR) is 64.1 cm³/mol. The third-order valence-corrected chi connectivity index (χ3v) is 3.00. The molecule has 1 atom stereocenters. The van der Waals surface area contributed by atoms with Gasteiger partial charge in [-0.15, -0.1) is 0 Å². The SMILES string of the molecule is CSCCC(O)Cc1cc(Cl)ccc1F. The zero-order valence-electron chi connectivity index (χ0n) is 8.54. The van der Waals surface area contributed by atoms with E-state index in [2.05, 4.69) is 0 Å². The first-order chi connectivity index (χ1) is 7.13. The van der Waals surface area contributed by atoms with E-state index in [1.54, 1.807) is 17.8 Å². The summed E-state index contributed by atoms with van der Waals surface area (Å²) in [6.45, 7) is 0. The summed E-state index contributed by atoms with van der Waals surface area (Å²) < 4.78 is 13.3. The van der Waals surface area contributed by atoms with Crippen molar-refractivity contribution >= 4 is 23.4 Å². The minimum Gasteiger partial charge on any atom is -0.393 e. The number of halogens is 2. The maximum atomic E-state index is 13.3. The Balaban J connectivity index is 2.59. The van der Waals surface area contributed by atoms with Crippen LogP contribution < -0.4 is 0 Å². The fourth-order valence-corrected chi connectivity index (χ4v) is 2.01. The minimum atomic E-state index is -0.495. The lowest BCUT2D eigenvalue weighted by Crippen LogP contribution is -2.12. The number of benzene rings is 1. The topological polar surface area (TPSA) is 20.2 Å². The molecule has 0 aliphatic rings. The van der Waals surface area contributed by atoms with Crippen LogP contribution in [0.25, 0.3) is 0 Å². The molecule has 0 bridgehead atoms. The standard InChI is InChI=1S/C11H14ClFOS/c1-15-5-4-10(14)7-8-6-9(12)2-3-11(8)13/h2-3,6,10,14H,4-5,7H2,1H3. The highest BCUT2D eigenvalue weighted by atomic mass is 35.5. The maximum Gasteiger partial charge on any atom is 0.126 e. The fraction of sp³-hybridized carbons (Fsp3) is 0.455. The van der Waals surface area contributed by atoms with Crippen molar-refractivity contribution in [3.05, 3.63) is 34.6 Å². The van der Waals surface area contributed by atoms with Gasteiger partial charge in [-0.25, -0.2) is 4.39 Å². The molecule has 0 spiro atoms. The quantitative estimate of drug-likeness (QED) is 0.864. The molecule has 0 aromatic heterocycles. The van der Waals surface area contributed by atoms with E-state index in [0.717, 1.165) is 5.75 Å². The molecule has 0 aliphatic heterocycles. The van der Waals surface area contributed by atoms with Gasteiger partial charge in [0.1, 0.15) is 5.82 Å². The molecule has 0 heterocycles. The molecule has 0 aliphatic carbocycles. The first kappa shape index (κ1) is 12.8. The van der Waals surface area contributed by atoms with E-state index in [4.69, 9.17) is 11.6 Å². The van der Waals surface area contributed by atoms with Gasteiger partial charge < -0.3 is 5.11 Å². The lowest BCUT2D eigenvalue weighted by atomic mass is 10.1. The van der Waals surface area contributed by atoms with Gasteiger partial charge in [0.05, 0.1) is 6.10 Å². The van der Waals surface area contributed by atoms with Crippen molar-refractivity contribution in [2.24, 2.45) is 0 Å². The molecule has 4 heteroatoms. The molecule has 1 aromatic carbocycles. The number of hydrogen-bond acceptors (Lipinski definition) is 2.